The Balaban J connectivity index is 2.76. The van der Waals surface area contributed by atoms with Gasteiger partial charge >= 0.3 is 0 Å². The third-order valence-corrected chi connectivity index (χ3v) is 4.89. The summed E-state index contributed by atoms with van der Waals surface area (Å²) >= 11 is 3.04. The van der Waals surface area contributed by atoms with Crippen molar-refractivity contribution in [1.29, 1.82) is 0 Å². The predicted molar refractivity (Wildman–Crippen MR) is 76.7 cm³/mol. The van der Waals surface area contributed by atoms with Crippen LogP contribution in [0.1, 0.15) is 20.3 Å². The van der Waals surface area contributed by atoms with E-state index in [2.05, 4.69) is 20.7 Å². The third kappa shape index (κ3) is 5.18. The lowest BCUT2D eigenvalue weighted by Gasteiger charge is -2.15. The zero-order valence-corrected chi connectivity index (χ0v) is 13.3. The van der Waals surface area contributed by atoms with E-state index < -0.39 is 15.8 Å². The summed E-state index contributed by atoms with van der Waals surface area (Å²) in [6.45, 7) is 4.19. The summed E-state index contributed by atoms with van der Waals surface area (Å²) in [5.74, 6) is -0.0978. The first-order chi connectivity index (χ1) is 8.72. The van der Waals surface area contributed by atoms with Crippen molar-refractivity contribution >= 4 is 26.0 Å². The van der Waals surface area contributed by atoms with Crippen LogP contribution in [0.2, 0.25) is 0 Å². The summed E-state index contributed by atoms with van der Waals surface area (Å²) < 4.78 is 39.6. The smallest absolute Gasteiger partial charge is 0.241 e. The first kappa shape index (κ1) is 16.6. The maximum atomic E-state index is 12.9. The molecule has 19 heavy (non-hydrogen) atoms. The molecule has 0 bridgehead atoms. The number of benzene rings is 1. The van der Waals surface area contributed by atoms with Crippen molar-refractivity contribution in [2.45, 2.75) is 31.2 Å². The number of hydrogen-bond acceptors (Lipinski definition) is 3. The van der Waals surface area contributed by atoms with E-state index in [9.17, 15) is 12.8 Å². The molecule has 0 amide bonds. The summed E-state index contributed by atoms with van der Waals surface area (Å²) in [6.07, 6.45) is 0.729. The van der Waals surface area contributed by atoms with Crippen LogP contribution in [0.5, 0.6) is 0 Å². The number of nitrogens with two attached hydrogens (primary N) is 1. The number of halogens is 2. The minimum Gasteiger partial charge on any atom is -0.327 e. The van der Waals surface area contributed by atoms with Crippen LogP contribution in [0.4, 0.5) is 4.39 Å². The second-order valence-electron chi connectivity index (χ2n) is 4.82. The summed E-state index contributed by atoms with van der Waals surface area (Å²) in [4.78, 5) is 0.00523. The monoisotopic (exact) mass is 352 g/mol. The van der Waals surface area contributed by atoms with E-state index in [1.54, 1.807) is 0 Å². The van der Waals surface area contributed by atoms with E-state index in [0.717, 1.165) is 18.6 Å². The maximum absolute atomic E-state index is 12.9. The SMILES string of the molecule is CC(C)CC(N)CNS(=O)(=O)c1ccc(F)cc1Br. The van der Waals surface area contributed by atoms with Crippen LogP contribution in [-0.4, -0.2) is 21.0 Å². The Labute approximate surface area is 121 Å². The standard InChI is InChI=1S/C12H18BrFN2O2S/c1-8(2)5-10(15)7-16-19(17,18)12-4-3-9(14)6-11(12)13/h3-4,6,8,10,16H,5,7,15H2,1-2H3. The Kier molecular flexibility index (Phi) is 5.91. The molecule has 0 fully saturated rings. The molecule has 7 heteroatoms. The van der Waals surface area contributed by atoms with Crippen LogP contribution in [0.3, 0.4) is 0 Å². The molecule has 108 valence electrons. The van der Waals surface area contributed by atoms with Gasteiger partial charge in [-0.3, -0.25) is 0 Å². The number of rotatable bonds is 6. The Morgan fingerprint density at radius 3 is 2.58 bits per heavy atom. The van der Waals surface area contributed by atoms with Gasteiger partial charge in [0, 0.05) is 17.1 Å². The van der Waals surface area contributed by atoms with Crippen LogP contribution in [0, 0.1) is 11.7 Å². The van der Waals surface area contributed by atoms with Gasteiger partial charge in [0.15, 0.2) is 0 Å². The van der Waals surface area contributed by atoms with Crippen molar-refractivity contribution in [2.75, 3.05) is 6.54 Å². The molecular formula is C12H18BrFN2O2S. The van der Waals surface area contributed by atoms with Gasteiger partial charge in [0.2, 0.25) is 10.0 Å². The minimum atomic E-state index is -3.68. The zero-order chi connectivity index (χ0) is 14.6. The lowest BCUT2D eigenvalue weighted by molar-refractivity contribution is 0.485. The number of sulfonamides is 1. The van der Waals surface area contributed by atoms with E-state index in [0.29, 0.717) is 5.92 Å². The van der Waals surface area contributed by atoms with Crippen molar-refractivity contribution in [1.82, 2.24) is 4.72 Å². The van der Waals surface area contributed by atoms with Gasteiger partial charge in [0.05, 0.1) is 4.90 Å². The molecule has 3 N–H and O–H groups in total. The molecule has 1 rings (SSSR count). The van der Waals surface area contributed by atoms with Crippen LogP contribution in [-0.2, 0) is 10.0 Å². The third-order valence-electron chi connectivity index (χ3n) is 2.49. The Morgan fingerprint density at radius 2 is 2.05 bits per heavy atom. The fourth-order valence-electron chi connectivity index (χ4n) is 1.68. The van der Waals surface area contributed by atoms with Gasteiger partial charge in [-0.25, -0.2) is 17.5 Å². The van der Waals surface area contributed by atoms with Crippen LogP contribution in [0.25, 0.3) is 0 Å². The van der Waals surface area contributed by atoms with Gasteiger partial charge in [-0.2, -0.15) is 0 Å². The molecule has 1 atom stereocenters. The van der Waals surface area contributed by atoms with Crippen molar-refractivity contribution < 1.29 is 12.8 Å². The highest BCUT2D eigenvalue weighted by Crippen LogP contribution is 2.22. The maximum Gasteiger partial charge on any atom is 0.241 e. The lowest BCUT2D eigenvalue weighted by Crippen LogP contribution is -2.38. The summed E-state index contributed by atoms with van der Waals surface area (Å²) in [5, 5.41) is 0. The quantitative estimate of drug-likeness (QED) is 0.824. The molecule has 4 nitrogen and oxygen atoms in total. The van der Waals surface area contributed by atoms with Crippen molar-refractivity contribution in [3.63, 3.8) is 0 Å². The van der Waals surface area contributed by atoms with E-state index >= 15 is 0 Å². The molecule has 0 radical (unpaired) electrons. The topological polar surface area (TPSA) is 72.2 Å². The molecule has 0 saturated heterocycles. The molecule has 0 heterocycles. The van der Waals surface area contributed by atoms with Gasteiger partial charge < -0.3 is 5.73 Å². The highest BCUT2D eigenvalue weighted by molar-refractivity contribution is 9.10. The normalized spacial score (nSPS) is 13.8. The zero-order valence-electron chi connectivity index (χ0n) is 10.9. The number of nitrogens with one attached hydrogen (secondary N) is 1. The highest BCUT2D eigenvalue weighted by atomic mass is 79.9. The fourth-order valence-corrected chi connectivity index (χ4v) is 3.82. The summed E-state index contributed by atoms with van der Waals surface area (Å²) in [5.41, 5.74) is 5.82. The van der Waals surface area contributed by atoms with E-state index in [-0.39, 0.29) is 22.0 Å². The van der Waals surface area contributed by atoms with Gasteiger partial charge in [0.1, 0.15) is 5.82 Å². The molecule has 1 unspecified atom stereocenters. The van der Waals surface area contributed by atoms with Gasteiger partial charge in [-0.15, -0.1) is 0 Å². The van der Waals surface area contributed by atoms with Crippen LogP contribution >= 0.6 is 15.9 Å². The predicted octanol–water partition coefficient (Wildman–Crippen LogP) is 2.24. The minimum absolute atomic E-state index is 0.00523. The highest BCUT2D eigenvalue weighted by Gasteiger charge is 2.19. The number of hydrogen-bond donors (Lipinski definition) is 2. The van der Waals surface area contributed by atoms with E-state index in [1.165, 1.54) is 6.07 Å². The lowest BCUT2D eigenvalue weighted by atomic mass is 10.1. The average Bonchev–Trinajstić information content (AvgIpc) is 2.25. The van der Waals surface area contributed by atoms with Crippen LogP contribution in [0.15, 0.2) is 27.6 Å². The van der Waals surface area contributed by atoms with Gasteiger partial charge in [0.25, 0.3) is 0 Å². The van der Waals surface area contributed by atoms with Gasteiger partial charge in [-0.05, 0) is 46.5 Å². The molecule has 0 saturated carbocycles. The molecule has 1 aromatic rings. The molecule has 0 aliphatic rings. The molecular weight excluding hydrogens is 335 g/mol. The van der Waals surface area contributed by atoms with Crippen molar-refractivity contribution in [2.24, 2.45) is 11.7 Å². The second-order valence-corrected chi connectivity index (χ2v) is 7.41. The molecule has 1 aromatic carbocycles. The Hall–Kier alpha value is -0.500. The van der Waals surface area contributed by atoms with E-state index in [1.807, 2.05) is 13.8 Å². The molecule has 0 aromatic heterocycles. The Morgan fingerprint density at radius 1 is 1.42 bits per heavy atom. The van der Waals surface area contributed by atoms with Crippen LogP contribution < -0.4 is 10.5 Å². The molecule has 0 aliphatic heterocycles. The average molecular weight is 353 g/mol. The Bertz CT molecular complexity index is 535. The fraction of sp³-hybridized carbons (Fsp3) is 0.500. The summed E-state index contributed by atoms with van der Waals surface area (Å²) in [7, 11) is -3.68. The second kappa shape index (κ2) is 6.78. The molecule has 0 spiro atoms. The molecule has 0 aliphatic carbocycles. The first-order valence-electron chi connectivity index (χ1n) is 5.92. The van der Waals surface area contributed by atoms with Crippen molar-refractivity contribution in [3.8, 4) is 0 Å². The van der Waals surface area contributed by atoms with Gasteiger partial charge in [-0.1, -0.05) is 13.8 Å². The largest absolute Gasteiger partial charge is 0.327 e. The first-order valence-corrected chi connectivity index (χ1v) is 8.20. The van der Waals surface area contributed by atoms with Crippen molar-refractivity contribution in [3.05, 3.63) is 28.5 Å². The van der Waals surface area contributed by atoms with E-state index in [4.69, 9.17) is 5.73 Å². The summed E-state index contributed by atoms with van der Waals surface area (Å²) in [6, 6.07) is 3.19.